The van der Waals surface area contributed by atoms with Crippen molar-refractivity contribution < 1.29 is 4.74 Å². The van der Waals surface area contributed by atoms with Crippen LogP contribution in [0, 0.1) is 5.92 Å². The molecule has 0 spiro atoms. The first kappa shape index (κ1) is 9.69. The van der Waals surface area contributed by atoms with E-state index in [2.05, 4.69) is 30.3 Å². The van der Waals surface area contributed by atoms with Crippen LogP contribution in [-0.2, 0) is 4.74 Å². The van der Waals surface area contributed by atoms with Crippen LogP contribution in [0.5, 0.6) is 0 Å². The van der Waals surface area contributed by atoms with Crippen LogP contribution in [0.2, 0.25) is 0 Å². The first-order valence-corrected chi connectivity index (χ1v) is 5.12. The Morgan fingerprint density at radius 1 is 1.43 bits per heavy atom. The molecule has 76 valence electrons. The van der Waals surface area contributed by atoms with Gasteiger partial charge in [-0.25, -0.2) is 0 Å². The topological polar surface area (TPSA) is 35.2 Å². The summed E-state index contributed by atoms with van der Waals surface area (Å²) in [6.45, 7) is 0.675. The molecule has 1 fully saturated rings. The summed E-state index contributed by atoms with van der Waals surface area (Å²) in [5.74, 6) is 1.29. The lowest BCUT2D eigenvalue weighted by molar-refractivity contribution is 0.172. The quantitative estimate of drug-likeness (QED) is 0.787. The lowest BCUT2D eigenvalue weighted by atomic mass is 10.1. The molecular formula is C12H17NO. The fourth-order valence-corrected chi connectivity index (χ4v) is 2.09. The van der Waals surface area contributed by atoms with Gasteiger partial charge < -0.3 is 10.5 Å². The minimum Gasteiger partial charge on any atom is -0.383 e. The number of rotatable bonds is 4. The molecule has 0 heterocycles. The second kappa shape index (κ2) is 4.11. The minimum atomic E-state index is 0.199. The highest BCUT2D eigenvalue weighted by molar-refractivity contribution is 5.26. The predicted molar refractivity (Wildman–Crippen MR) is 57.1 cm³/mol. The molecule has 3 unspecified atom stereocenters. The Kier molecular flexibility index (Phi) is 2.85. The van der Waals surface area contributed by atoms with Crippen LogP contribution in [-0.4, -0.2) is 19.8 Å². The van der Waals surface area contributed by atoms with Crippen LogP contribution in [0.1, 0.15) is 17.9 Å². The van der Waals surface area contributed by atoms with Crippen molar-refractivity contribution in [1.82, 2.24) is 0 Å². The summed E-state index contributed by atoms with van der Waals surface area (Å²) >= 11 is 0. The number of hydrogen-bond donors (Lipinski definition) is 1. The highest BCUT2D eigenvalue weighted by Gasteiger charge is 2.42. The smallest absolute Gasteiger partial charge is 0.0616 e. The van der Waals surface area contributed by atoms with Crippen molar-refractivity contribution in [3.63, 3.8) is 0 Å². The van der Waals surface area contributed by atoms with E-state index in [9.17, 15) is 0 Å². The van der Waals surface area contributed by atoms with Gasteiger partial charge in [-0.05, 0) is 23.8 Å². The Hall–Kier alpha value is -0.860. The number of benzene rings is 1. The van der Waals surface area contributed by atoms with Gasteiger partial charge in [0.25, 0.3) is 0 Å². The van der Waals surface area contributed by atoms with Crippen molar-refractivity contribution >= 4 is 0 Å². The van der Waals surface area contributed by atoms with Crippen molar-refractivity contribution in [2.24, 2.45) is 11.7 Å². The van der Waals surface area contributed by atoms with Gasteiger partial charge >= 0.3 is 0 Å². The zero-order valence-corrected chi connectivity index (χ0v) is 8.52. The van der Waals surface area contributed by atoms with Gasteiger partial charge in [-0.2, -0.15) is 0 Å². The first-order chi connectivity index (χ1) is 6.83. The number of ether oxygens (including phenoxy) is 1. The zero-order chi connectivity index (χ0) is 9.97. The van der Waals surface area contributed by atoms with Crippen LogP contribution < -0.4 is 5.73 Å². The third-order valence-corrected chi connectivity index (χ3v) is 2.98. The molecule has 14 heavy (non-hydrogen) atoms. The molecule has 2 heteroatoms. The summed E-state index contributed by atoms with van der Waals surface area (Å²) in [4.78, 5) is 0. The molecule has 2 nitrogen and oxygen atoms in total. The van der Waals surface area contributed by atoms with E-state index in [0.29, 0.717) is 18.4 Å². The Bertz CT molecular complexity index is 286. The van der Waals surface area contributed by atoms with E-state index in [0.717, 1.165) is 0 Å². The third kappa shape index (κ3) is 1.97. The number of hydrogen-bond acceptors (Lipinski definition) is 2. The van der Waals surface area contributed by atoms with Gasteiger partial charge in [-0.3, -0.25) is 0 Å². The maximum absolute atomic E-state index is 5.99. The molecule has 2 rings (SSSR count). The first-order valence-electron chi connectivity index (χ1n) is 5.12. The fourth-order valence-electron chi connectivity index (χ4n) is 2.09. The molecule has 0 radical (unpaired) electrons. The van der Waals surface area contributed by atoms with E-state index in [1.807, 2.05) is 0 Å². The van der Waals surface area contributed by atoms with Gasteiger partial charge in [-0.15, -0.1) is 0 Å². The van der Waals surface area contributed by atoms with E-state index in [1.54, 1.807) is 7.11 Å². The van der Waals surface area contributed by atoms with Crippen LogP contribution in [0.25, 0.3) is 0 Å². The Morgan fingerprint density at radius 3 is 2.79 bits per heavy atom. The number of nitrogens with two attached hydrogens (primary N) is 1. The average Bonchev–Trinajstić information content (AvgIpc) is 2.99. The standard InChI is InChI=1S/C12H17NO/c1-14-8-12(13)11-7-10(11)9-5-3-2-4-6-9/h2-6,10-12H,7-8,13H2,1H3. The van der Waals surface area contributed by atoms with Crippen LogP contribution in [0.3, 0.4) is 0 Å². The van der Waals surface area contributed by atoms with E-state index in [4.69, 9.17) is 10.5 Å². The van der Waals surface area contributed by atoms with Gasteiger partial charge in [0.15, 0.2) is 0 Å². The van der Waals surface area contributed by atoms with E-state index < -0.39 is 0 Å². The summed E-state index contributed by atoms with van der Waals surface area (Å²) in [5, 5.41) is 0. The normalized spacial score (nSPS) is 27.3. The molecule has 1 aromatic rings. The molecule has 0 amide bonds. The lowest BCUT2D eigenvalue weighted by Gasteiger charge is -2.09. The number of methoxy groups -OCH3 is 1. The minimum absolute atomic E-state index is 0.199. The molecule has 0 aromatic heterocycles. The zero-order valence-electron chi connectivity index (χ0n) is 8.52. The second-order valence-electron chi connectivity index (χ2n) is 4.04. The Morgan fingerprint density at radius 2 is 2.14 bits per heavy atom. The average molecular weight is 191 g/mol. The van der Waals surface area contributed by atoms with Crippen LogP contribution in [0.4, 0.5) is 0 Å². The van der Waals surface area contributed by atoms with Gasteiger partial charge in [0.05, 0.1) is 6.61 Å². The largest absolute Gasteiger partial charge is 0.383 e. The summed E-state index contributed by atoms with van der Waals surface area (Å²) < 4.78 is 5.06. The summed E-state index contributed by atoms with van der Waals surface area (Å²) in [5.41, 5.74) is 7.41. The van der Waals surface area contributed by atoms with Gasteiger partial charge in [0.1, 0.15) is 0 Å². The molecule has 1 aromatic carbocycles. The highest BCUT2D eigenvalue weighted by atomic mass is 16.5. The molecule has 3 atom stereocenters. The fraction of sp³-hybridized carbons (Fsp3) is 0.500. The summed E-state index contributed by atoms with van der Waals surface area (Å²) in [6, 6.07) is 10.8. The van der Waals surface area contributed by atoms with Crippen molar-refractivity contribution in [2.75, 3.05) is 13.7 Å². The highest BCUT2D eigenvalue weighted by Crippen LogP contribution is 2.48. The maximum Gasteiger partial charge on any atom is 0.0616 e. The molecular weight excluding hydrogens is 174 g/mol. The molecule has 0 bridgehead atoms. The van der Waals surface area contributed by atoms with Gasteiger partial charge in [0.2, 0.25) is 0 Å². The lowest BCUT2D eigenvalue weighted by Crippen LogP contribution is -2.28. The van der Waals surface area contributed by atoms with Crippen molar-refractivity contribution in [3.8, 4) is 0 Å². The van der Waals surface area contributed by atoms with Crippen molar-refractivity contribution in [1.29, 1.82) is 0 Å². The van der Waals surface area contributed by atoms with Crippen LogP contribution >= 0.6 is 0 Å². The molecule has 2 N–H and O–H groups in total. The van der Waals surface area contributed by atoms with Crippen LogP contribution in [0.15, 0.2) is 30.3 Å². The molecule has 0 aliphatic heterocycles. The SMILES string of the molecule is COCC(N)C1CC1c1ccccc1. The summed E-state index contributed by atoms with van der Waals surface area (Å²) in [6.07, 6.45) is 1.22. The van der Waals surface area contributed by atoms with E-state index in [1.165, 1.54) is 12.0 Å². The van der Waals surface area contributed by atoms with E-state index in [-0.39, 0.29) is 6.04 Å². The Labute approximate surface area is 85.1 Å². The van der Waals surface area contributed by atoms with Crippen molar-refractivity contribution in [3.05, 3.63) is 35.9 Å². The molecule has 1 saturated carbocycles. The maximum atomic E-state index is 5.99. The molecule has 1 aliphatic carbocycles. The molecule has 0 saturated heterocycles. The molecule has 1 aliphatic rings. The third-order valence-electron chi connectivity index (χ3n) is 2.98. The van der Waals surface area contributed by atoms with Gasteiger partial charge in [0, 0.05) is 13.2 Å². The monoisotopic (exact) mass is 191 g/mol. The van der Waals surface area contributed by atoms with E-state index >= 15 is 0 Å². The summed E-state index contributed by atoms with van der Waals surface area (Å²) in [7, 11) is 1.71. The second-order valence-corrected chi connectivity index (χ2v) is 4.04. The predicted octanol–water partition coefficient (Wildman–Crippen LogP) is 1.76. The van der Waals surface area contributed by atoms with Crippen molar-refractivity contribution in [2.45, 2.75) is 18.4 Å². The van der Waals surface area contributed by atoms with Gasteiger partial charge in [-0.1, -0.05) is 30.3 Å². The Balaban J connectivity index is 1.93.